The minimum Gasteiger partial charge on any atom is -0.398 e. The Morgan fingerprint density at radius 2 is 2.16 bits per heavy atom. The van der Waals surface area contributed by atoms with Gasteiger partial charge in [-0.25, -0.2) is 0 Å². The molecular formula is C15H23ClN2O. The molecule has 0 heterocycles. The molecule has 1 amide bonds. The third-order valence-corrected chi connectivity index (χ3v) is 3.68. The van der Waals surface area contributed by atoms with E-state index in [1.165, 1.54) is 12.8 Å². The maximum atomic E-state index is 12.1. The van der Waals surface area contributed by atoms with Gasteiger partial charge in [0.1, 0.15) is 0 Å². The van der Waals surface area contributed by atoms with Crippen LogP contribution in [0.15, 0.2) is 18.2 Å². The van der Waals surface area contributed by atoms with Gasteiger partial charge < -0.3 is 11.1 Å². The molecule has 0 aromatic heterocycles. The van der Waals surface area contributed by atoms with Gasteiger partial charge in [-0.2, -0.15) is 0 Å². The van der Waals surface area contributed by atoms with E-state index in [2.05, 4.69) is 19.2 Å². The normalized spacial score (nSPS) is 12.2. The Morgan fingerprint density at radius 1 is 1.42 bits per heavy atom. The molecule has 1 rings (SSSR count). The predicted molar refractivity (Wildman–Crippen MR) is 81.5 cm³/mol. The summed E-state index contributed by atoms with van der Waals surface area (Å²) >= 11 is 6.02. The maximum Gasteiger partial charge on any atom is 0.254 e. The van der Waals surface area contributed by atoms with Crippen molar-refractivity contribution in [2.75, 3.05) is 12.3 Å². The van der Waals surface area contributed by atoms with Gasteiger partial charge in [-0.15, -0.1) is 0 Å². The summed E-state index contributed by atoms with van der Waals surface area (Å²) in [7, 11) is 0. The topological polar surface area (TPSA) is 55.1 Å². The molecule has 0 saturated heterocycles. The quantitative estimate of drug-likeness (QED) is 0.746. The van der Waals surface area contributed by atoms with Crippen LogP contribution < -0.4 is 11.1 Å². The number of carbonyl (C=O) groups excluding carboxylic acids is 1. The third kappa shape index (κ3) is 4.75. The van der Waals surface area contributed by atoms with Gasteiger partial charge in [0, 0.05) is 12.2 Å². The van der Waals surface area contributed by atoms with Crippen LogP contribution in [0.3, 0.4) is 0 Å². The van der Waals surface area contributed by atoms with Crippen LogP contribution in [0.5, 0.6) is 0 Å². The molecule has 0 aliphatic rings. The first-order chi connectivity index (χ1) is 9.10. The van der Waals surface area contributed by atoms with Crippen LogP contribution in [0, 0.1) is 5.92 Å². The minimum atomic E-state index is -0.182. The fourth-order valence-corrected chi connectivity index (χ4v) is 2.32. The molecule has 0 aliphatic carbocycles. The first-order valence-electron chi connectivity index (χ1n) is 6.92. The van der Waals surface area contributed by atoms with Crippen LogP contribution in [0.4, 0.5) is 5.69 Å². The van der Waals surface area contributed by atoms with E-state index in [-0.39, 0.29) is 5.91 Å². The highest BCUT2D eigenvalue weighted by atomic mass is 35.5. The molecule has 0 fully saturated rings. The lowest BCUT2D eigenvalue weighted by Gasteiger charge is -2.16. The molecule has 0 aliphatic heterocycles. The van der Waals surface area contributed by atoms with Crippen molar-refractivity contribution in [3.63, 3.8) is 0 Å². The Bertz CT molecular complexity index is 400. The molecule has 1 aromatic rings. The van der Waals surface area contributed by atoms with Crippen molar-refractivity contribution in [3.8, 4) is 0 Å². The number of unbranched alkanes of at least 4 members (excludes halogenated alkanes) is 1. The van der Waals surface area contributed by atoms with Gasteiger partial charge in [0.15, 0.2) is 0 Å². The molecule has 4 heteroatoms. The number of nitrogen functional groups attached to an aromatic ring is 1. The van der Waals surface area contributed by atoms with Crippen LogP contribution in [0.2, 0.25) is 5.02 Å². The molecular weight excluding hydrogens is 260 g/mol. The van der Waals surface area contributed by atoms with E-state index >= 15 is 0 Å². The van der Waals surface area contributed by atoms with Crippen LogP contribution in [-0.4, -0.2) is 12.5 Å². The van der Waals surface area contributed by atoms with Gasteiger partial charge in [0.25, 0.3) is 5.91 Å². The number of nitrogens with one attached hydrogen (secondary N) is 1. The van der Waals surface area contributed by atoms with Crippen molar-refractivity contribution in [2.24, 2.45) is 5.92 Å². The van der Waals surface area contributed by atoms with E-state index in [0.29, 0.717) is 28.7 Å². The highest BCUT2D eigenvalue weighted by molar-refractivity contribution is 6.34. The average molecular weight is 283 g/mol. The Morgan fingerprint density at radius 3 is 2.74 bits per heavy atom. The zero-order valence-corrected chi connectivity index (χ0v) is 12.5. The highest BCUT2D eigenvalue weighted by Crippen LogP contribution is 2.22. The summed E-state index contributed by atoms with van der Waals surface area (Å²) in [4.78, 5) is 12.1. The molecule has 19 heavy (non-hydrogen) atoms. The van der Waals surface area contributed by atoms with Crippen LogP contribution in [-0.2, 0) is 0 Å². The fourth-order valence-electron chi connectivity index (χ4n) is 2.05. The van der Waals surface area contributed by atoms with Crippen molar-refractivity contribution in [2.45, 2.75) is 39.5 Å². The summed E-state index contributed by atoms with van der Waals surface area (Å²) < 4.78 is 0. The first-order valence-corrected chi connectivity index (χ1v) is 7.30. The zero-order valence-electron chi connectivity index (χ0n) is 11.7. The number of hydrogen-bond acceptors (Lipinski definition) is 2. The molecule has 3 nitrogen and oxygen atoms in total. The number of anilines is 1. The maximum absolute atomic E-state index is 12.1. The van der Waals surface area contributed by atoms with Gasteiger partial charge in [-0.05, 0) is 24.5 Å². The summed E-state index contributed by atoms with van der Waals surface area (Å²) in [5.41, 5.74) is 6.60. The Kier molecular flexibility index (Phi) is 6.71. The number of hydrogen-bond donors (Lipinski definition) is 2. The first kappa shape index (κ1) is 15.8. The largest absolute Gasteiger partial charge is 0.398 e. The van der Waals surface area contributed by atoms with Crippen molar-refractivity contribution in [1.29, 1.82) is 0 Å². The predicted octanol–water partition coefficient (Wildman–Crippen LogP) is 3.87. The van der Waals surface area contributed by atoms with Crippen LogP contribution in [0.1, 0.15) is 49.9 Å². The third-order valence-electron chi connectivity index (χ3n) is 3.37. The monoisotopic (exact) mass is 282 g/mol. The van der Waals surface area contributed by atoms with Crippen LogP contribution in [0.25, 0.3) is 0 Å². The minimum absolute atomic E-state index is 0.182. The number of halogens is 1. The van der Waals surface area contributed by atoms with Gasteiger partial charge >= 0.3 is 0 Å². The Hall–Kier alpha value is -1.22. The standard InChI is InChI=1S/C15H23ClN2O/c1-3-5-7-11(4-2)10-18-15(19)14-12(16)8-6-9-13(14)17/h6,8-9,11H,3-5,7,10,17H2,1-2H3,(H,18,19). The van der Waals surface area contributed by atoms with Gasteiger partial charge in [-0.3, -0.25) is 4.79 Å². The second kappa shape index (κ2) is 8.05. The molecule has 0 radical (unpaired) electrons. The van der Waals surface area contributed by atoms with Crippen molar-refractivity contribution in [3.05, 3.63) is 28.8 Å². The summed E-state index contributed by atoms with van der Waals surface area (Å²) in [6.07, 6.45) is 4.59. The molecule has 1 aromatic carbocycles. The number of carbonyl (C=O) groups is 1. The zero-order chi connectivity index (χ0) is 14.3. The Balaban J connectivity index is 2.59. The second-order valence-corrected chi connectivity index (χ2v) is 5.24. The molecule has 1 atom stereocenters. The van der Waals surface area contributed by atoms with Gasteiger partial charge in [0.05, 0.1) is 10.6 Å². The average Bonchev–Trinajstić information content (AvgIpc) is 2.38. The molecule has 3 N–H and O–H groups in total. The Labute approximate surface area is 120 Å². The summed E-state index contributed by atoms with van der Waals surface area (Å²) in [5.74, 6) is 0.339. The van der Waals surface area contributed by atoms with E-state index in [1.807, 2.05) is 0 Å². The van der Waals surface area contributed by atoms with E-state index < -0.39 is 0 Å². The summed E-state index contributed by atoms with van der Waals surface area (Å²) in [6, 6.07) is 5.11. The lowest BCUT2D eigenvalue weighted by molar-refractivity contribution is 0.0947. The van der Waals surface area contributed by atoms with Gasteiger partial charge in [0.2, 0.25) is 0 Å². The molecule has 0 spiro atoms. The van der Waals surface area contributed by atoms with Crippen molar-refractivity contribution in [1.82, 2.24) is 5.32 Å². The smallest absolute Gasteiger partial charge is 0.254 e. The highest BCUT2D eigenvalue weighted by Gasteiger charge is 2.15. The van der Waals surface area contributed by atoms with E-state index in [1.54, 1.807) is 18.2 Å². The van der Waals surface area contributed by atoms with E-state index in [0.717, 1.165) is 12.8 Å². The SMILES string of the molecule is CCCCC(CC)CNC(=O)c1c(N)cccc1Cl. The van der Waals surface area contributed by atoms with Gasteiger partial charge in [-0.1, -0.05) is 50.8 Å². The van der Waals surface area contributed by atoms with Crippen molar-refractivity contribution < 1.29 is 4.79 Å². The van der Waals surface area contributed by atoms with Crippen LogP contribution >= 0.6 is 11.6 Å². The lowest BCUT2D eigenvalue weighted by atomic mass is 9.99. The molecule has 0 saturated carbocycles. The lowest BCUT2D eigenvalue weighted by Crippen LogP contribution is -2.30. The number of nitrogens with two attached hydrogens (primary N) is 1. The molecule has 106 valence electrons. The summed E-state index contributed by atoms with van der Waals surface area (Å²) in [5, 5.41) is 3.34. The van der Waals surface area contributed by atoms with E-state index in [4.69, 9.17) is 17.3 Å². The second-order valence-electron chi connectivity index (χ2n) is 4.83. The fraction of sp³-hybridized carbons (Fsp3) is 0.533. The molecule has 0 bridgehead atoms. The number of rotatable bonds is 7. The summed E-state index contributed by atoms with van der Waals surface area (Å²) in [6.45, 7) is 5.01. The number of benzene rings is 1. The molecule has 1 unspecified atom stereocenters. The number of amides is 1. The van der Waals surface area contributed by atoms with Crippen molar-refractivity contribution >= 4 is 23.2 Å². The van der Waals surface area contributed by atoms with E-state index in [9.17, 15) is 4.79 Å².